The Bertz CT molecular complexity index is 1000. The molecule has 0 aliphatic heterocycles. The largest absolute Gasteiger partial charge is 0.383 e. The van der Waals surface area contributed by atoms with Crippen LogP contribution in [0.5, 0.6) is 0 Å². The van der Waals surface area contributed by atoms with Crippen molar-refractivity contribution in [3.63, 3.8) is 0 Å². The molecule has 3 heterocycles. The van der Waals surface area contributed by atoms with Crippen molar-refractivity contribution in [1.29, 1.82) is 0 Å². The van der Waals surface area contributed by atoms with E-state index in [0.29, 0.717) is 5.82 Å². The van der Waals surface area contributed by atoms with E-state index in [9.17, 15) is 0 Å². The molecule has 0 radical (unpaired) electrons. The van der Waals surface area contributed by atoms with Gasteiger partial charge in [-0.25, -0.2) is 15.0 Å². The molecule has 7 heteroatoms. The molecule has 23 heavy (non-hydrogen) atoms. The van der Waals surface area contributed by atoms with Gasteiger partial charge in [0.2, 0.25) is 0 Å². The third-order valence-electron chi connectivity index (χ3n) is 3.65. The van der Waals surface area contributed by atoms with Gasteiger partial charge in [0, 0.05) is 17.1 Å². The van der Waals surface area contributed by atoms with E-state index in [2.05, 4.69) is 43.0 Å². The topological polar surface area (TPSA) is 69.6 Å². The molecule has 5 nitrogen and oxygen atoms in total. The number of benzene rings is 1. The van der Waals surface area contributed by atoms with E-state index in [1.165, 1.54) is 6.33 Å². The molecule has 0 saturated heterocycles. The first-order chi connectivity index (χ1) is 11.1. The second kappa shape index (κ2) is 5.43. The zero-order chi connectivity index (χ0) is 16.0. The summed E-state index contributed by atoms with van der Waals surface area (Å²) in [6, 6.07) is 10.2. The minimum atomic E-state index is 0.505. The van der Waals surface area contributed by atoms with Gasteiger partial charge in [-0.05, 0) is 18.2 Å². The van der Waals surface area contributed by atoms with Crippen LogP contribution in [0.1, 0.15) is 0 Å². The molecule has 0 unspecified atom stereocenters. The standard InChI is InChI=1S/C16H12BrN5S/c1-22-8-21-13(9-2-4-10(17)5-3-9)14(22)12-6-11-15(18)19-7-20-16(11)23-12/h2-8H,1H3,(H2,18,19,20). The van der Waals surface area contributed by atoms with Gasteiger partial charge >= 0.3 is 0 Å². The van der Waals surface area contributed by atoms with Crippen molar-refractivity contribution in [1.82, 2.24) is 19.5 Å². The van der Waals surface area contributed by atoms with E-state index in [1.807, 2.05) is 36.1 Å². The molecular weight excluding hydrogens is 374 g/mol. The summed E-state index contributed by atoms with van der Waals surface area (Å²) in [7, 11) is 1.99. The van der Waals surface area contributed by atoms with Crippen LogP contribution in [0.2, 0.25) is 0 Å². The summed E-state index contributed by atoms with van der Waals surface area (Å²) in [5, 5.41) is 0.885. The Kier molecular flexibility index (Phi) is 3.39. The predicted molar refractivity (Wildman–Crippen MR) is 97.2 cm³/mol. The number of nitrogen functional groups attached to an aromatic ring is 1. The molecule has 2 N–H and O–H groups in total. The minimum Gasteiger partial charge on any atom is -0.383 e. The van der Waals surface area contributed by atoms with Gasteiger partial charge in [0.1, 0.15) is 17.0 Å². The molecule has 4 aromatic rings. The Hall–Kier alpha value is -2.25. The molecule has 3 aromatic heterocycles. The van der Waals surface area contributed by atoms with E-state index in [1.54, 1.807) is 11.3 Å². The number of fused-ring (bicyclic) bond motifs is 1. The summed E-state index contributed by atoms with van der Waals surface area (Å²) in [4.78, 5) is 14.9. The molecule has 1 aromatic carbocycles. The van der Waals surface area contributed by atoms with E-state index < -0.39 is 0 Å². The number of rotatable bonds is 2. The Morgan fingerprint density at radius 2 is 1.91 bits per heavy atom. The summed E-state index contributed by atoms with van der Waals surface area (Å²) in [6.07, 6.45) is 3.32. The van der Waals surface area contributed by atoms with Gasteiger partial charge < -0.3 is 10.3 Å². The summed E-state index contributed by atoms with van der Waals surface area (Å²) in [5.74, 6) is 0.505. The maximum atomic E-state index is 5.95. The quantitative estimate of drug-likeness (QED) is 0.563. The highest BCUT2D eigenvalue weighted by Crippen LogP contribution is 2.38. The van der Waals surface area contributed by atoms with Gasteiger partial charge in [0.25, 0.3) is 0 Å². The molecule has 0 bridgehead atoms. The zero-order valence-corrected chi connectivity index (χ0v) is 14.6. The van der Waals surface area contributed by atoms with Gasteiger partial charge in [-0.2, -0.15) is 0 Å². The first-order valence-electron chi connectivity index (χ1n) is 6.91. The lowest BCUT2D eigenvalue weighted by atomic mass is 10.1. The number of imidazole rings is 1. The third kappa shape index (κ3) is 2.42. The van der Waals surface area contributed by atoms with Crippen molar-refractivity contribution in [2.24, 2.45) is 7.05 Å². The van der Waals surface area contributed by atoms with E-state index in [0.717, 1.165) is 36.5 Å². The average Bonchev–Trinajstić information content (AvgIpc) is 3.12. The molecule has 114 valence electrons. The van der Waals surface area contributed by atoms with Crippen LogP contribution in [-0.2, 0) is 7.05 Å². The number of anilines is 1. The lowest BCUT2D eigenvalue weighted by Gasteiger charge is -2.04. The van der Waals surface area contributed by atoms with Crippen molar-refractivity contribution >= 4 is 43.3 Å². The normalized spacial score (nSPS) is 11.2. The number of thiophene rings is 1. The second-order valence-electron chi connectivity index (χ2n) is 5.15. The van der Waals surface area contributed by atoms with Crippen LogP contribution in [0.15, 0.2) is 47.5 Å². The van der Waals surface area contributed by atoms with Gasteiger partial charge in [-0.15, -0.1) is 11.3 Å². The van der Waals surface area contributed by atoms with Crippen molar-refractivity contribution in [3.05, 3.63) is 47.5 Å². The number of halogens is 1. The number of aryl methyl sites for hydroxylation is 1. The van der Waals surface area contributed by atoms with E-state index in [4.69, 9.17) is 5.73 Å². The second-order valence-corrected chi connectivity index (χ2v) is 7.09. The van der Waals surface area contributed by atoms with Crippen LogP contribution in [0.3, 0.4) is 0 Å². The van der Waals surface area contributed by atoms with Gasteiger partial charge in [0.15, 0.2) is 0 Å². The Balaban J connectivity index is 1.92. The van der Waals surface area contributed by atoms with Crippen LogP contribution in [-0.4, -0.2) is 19.5 Å². The third-order valence-corrected chi connectivity index (χ3v) is 5.23. The maximum Gasteiger partial charge on any atom is 0.135 e. The average molecular weight is 386 g/mol. The summed E-state index contributed by atoms with van der Waals surface area (Å²) >= 11 is 5.06. The van der Waals surface area contributed by atoms with Crippen LogP contribution >= 0.6 is 27.3 Å². The molecule has 0 aliphatic carbocycles. The molecule has 0 atom stereocenters. The molecule has 0 amide bonds. The van der Waals surface area contributed by atoms with Crippen molar-refractivity contribution < 1.29 is 0 Å². The lowest BCUT2D eigenvalue weighted by Crippen LogP contribution is -1.90. The fraction of sp³-hybridized carbons (Fsp3) is 0.0625. The molecule has 4 rings (SSSR count). The van der Waals surface area contributed by atoms with Crippen LogP contribution in [0.25, 0.3) is 32.0 Å². The number of aromatic nitrogens is 4. The first kappa shape index (κ1) is 14.3. The fourth-order valence-corrected chi connectivity index (χ4v) is 3.89. The maximum absolute atomic E-state index is 5.95. The summed E-state index contributed by atoms with van der Waals surface area (Å²) in [5.41, 5.74) is 9.02. The number of hydrogen-bond donors (Lipinski definition) is 1. The highest BCUT2D eigenvalue weighted by molar-refractivity contribution is 9.10. The smallest absolute Gasteiger partial charge is 0.135 e. The van der Waals surface area contributed by atoms with Gasteiger partial charge in [-0.3, -0.25) is 0 Å². The zero-order valence-electron chi connectivity index (χ0n) is 12.2. The molecule has 0 aliphatic rings. The van der Waals surface area contributed by atoms with Crippen LogP contribution < -0.4 is 5.73 Å². The summed E-state index contributed by atoms with van der Waals surface area (Å²) < 4.78 is 3.06. The predicted octanol–water partition coefficient (Wildman–Crippen LogP) is 4.10. The Morgan fingerprint density at radius 1 is 1.13 bits per heavy atom. The first-order valence-corrected chi connectivity index (χ1v) is 8.52. The monoisotopic (exact) mass is 385 g/mol. The van der Waals surface area contributed by atoms with Gasteiger partial charge in [0.05, 0.1) is 28.0 Å². The van der Waals surface area contributed by atoms with Crippen molar-refractivity contribution in [3.8, 4) is 21.8 Å². The van der Waals surface area contributed by atoms with E-state index >= 15 is 0 Å². The Labute approximate surface area is 145 Å². The lowest BCUT2D eigenvalue weighted by molar-refractivity contribution is 0.923. The highest BCUT2D eigenvalue weighted by atomic mass is 79.9. The van der Waals surface area contributed by atoms with Crippen LogP contribution in [0.4, 0.5) is 5.82 Å². The van der Waals surface area contributed by atoms with Crippen LogP contribution in [0, 0.1) is 0 Å². The number of nitrogens with two attached hydrogens (primary N) is 1. The van der Waals surface area contributed by atoms with Gasteiger partial charge in [-0.1, -0.05) is 28.1 Å². The van der Waals surface area contributed by atoms with E-state index in [-0.39, 0.29) is 0 Å². The molecular formula is C16H12BrN5S. The summed E-state index contributed by atoms with van der Waals surface area (Å²) in [6.45, 7) is 0. The molecule has 0 spiro atoms. The number of nitrogens with zero attached hydrogens (tertiary/aromatic N) is 4. The number of hydrogen-bond acceptors (Lipinski definition) is 5. The molecule has 0 fully saturated rings. The van der Waals surface area contributed by atoms with Crippen molar-refractivity contribution in [2.45, 2.75) is 0 Å². The van der Waals surface area contributed by atoms with Crippen molar-refractivity contribution in [2.75, 3.05) is 5.73 Å². The minimum absolute atomic E-state index is 0.505. The Morgan fingerprint density at radius 3 is 2.65 bits per heavy atom. The SMILES string of the molecule is Cn1cnc(-c2ccc(Br)cc2)c1-c1cc2c(N)ncnc2s1. The highest BCUT2D eigenvalue weighted by Gasteiger charge is 2.17. The fourth-order valence-electron chi connectivity index (χ4n) is 2.53. The molecule has 0 saturated carbocycles.